The van der Waals surface area contributed by atoms with Crippen LogP contribution in [0, 0.1) is 0 Å². The van der Waals surface area contributed by atoms with Crippen LogP contribution in [-0.4, -0.2) is 15.8 Å². The molecule has 0 amide bonds. The third-order valence-electron chi connectivity index (χ3n) is 4.41. The van der Waals surface area contributed by atoms with Crippen LogP contribution in [0.5, 0.6) is 0 Å². The standard InChI is InChI=1S/C18H25N3/c1-21-13-12-18(20-21)16-10-8-15(9-11-16)14-19-17-6-4-2-3-5-7-17/h8-13,17,19H,2-7,14H2,1H3. The van der Waals surface area contributed by atoms with E-state index in [9.17, 15) is 0 Å². The molecule has 0 spiro atoms. The van der Waals surface area contributed by atoms with Gasteiger partial charge in [-0.2, -0.15) is 5.10 Å². The highest BCUT2D eigenvalue weighted by atomic mass is 15.2. The van der Waals surface area contributed by atoms with Crippen LogP contribution in [0.3, 0.4) is 0 Å². The maximum atomic E-state index is 4.44. The van der Waals surface area contributed by atoms with Crippen LogP contribution in [0.4, 0.5) is 0 Å². The normalized spacial score (nSPS) is 16.8. The summed E-state index contributed by atoms with van der Waals surface area (Å²) in [7, 11) is 1.95. The summed E-state index contributed by atoms with van der Waals surface area (Å²) >= 11 is 0. The fraction of sp³-hybridized carbons (Fsp3) is 0.500. The fourth-order valence-electron chi connectivity index (χ4n) is 3.11. The minimum Gasteiger partial charge on any atom is -0.310 e. The number of hydrogen-bond donors (Lipinski definition) is 1. The molecule has 2 aromatic rings. The molecule has 1 aliphatic carbocycles. The van der Waals surface area contributed by atoms with Gasteiger partial charge in [0, 0.05) is 31.4 Å². The zero-order valence-corrected chi connectivity index (χ0v) is 12.9. The molecule has 0 aliphatic heterocycles. The zero-order valence-electron chi connectivity index (χ0n) is 12.9. The molecule has 0 unspecified atom stereocenters. The second-order valence-corrected chi connectivity index (χ2v) is 6.14. The van der Waals surface area contributed by atoms with Gasteiger partial charge in [0.2, 0.25) is 0 Å². The molecule has 3 nitrogen and oxygen atoms in total. The third kappa shape index (κ3) is 3.94. The predicted octanol–water partition coefficient (Wildman–Crippen LogP) is 3.90. The van der Waals surface area contributed by atoms with Gasteiger partial charge in [-0.1, -0.05) is 49.9 Å². The highest BCUT2D eigenvalue weighted by Gasteiger charge is 2.11. The molecule has 1 saturated carbocycles. The van der Waals surface area contributed by atoms with E-state index in [4.69, 9.17) is 0 Å². The van der Waals surface area contributed by atoms with Crippen LogP contribution in [0.15, 0.2) is 36.5 Å². The molecule has 0 bridgehead atoms. The van der Waals surface area contributed by atoms with E-state index in [1.165, 1.54) is 49.7 Å². The fourth-order valence-corrected chi connectivity index (χ4v) is 3.11. The molecule has 21 heavy (non-hydrogen) atoms. The van der Waals surface area contributed by atoms with Crippen molar-refractivity contribution in [3.63, 3.8) is 0 Å². The van der Waals surface area contributed by atoms with Gasteiger partial charge in [0.05, 0.1) is 5.69 Å². The first-order valence-corrected chi connectivity index (χ1v) is 8.13. The third-order valence-corrected chi connectivity index (χ3v) is 4.41. The van der Waals surface area contributed by atoms with Crippen molar-refractivity contribution in [3.8, 4) is 11.3 Å². The van der Waals surface area contributed by atoms with Crippen LogP contribution < -0.4 is 5.32 Å². The molecule has 3 rings (SSSR count). The Labute approximate surface area is 127 Å². The second kappa shape index (κ2) is 6.90. The Kier molecular flexibility index (Phi) is 4.71. The first-order chi connectivity index (χ1) is 10.3. The molecule has 3 heteroatoms. The summed E-state index contributed by atoms with van der Waals surface area (Å²) in [5, 5.41) is 8.16. The van der Waals surface area contributed by atoms with E-state index in [1.807, 2.05) is 17.9 Å². The molecule has 1 fully saturated rings. The zero-order chi connectivity index (χ0) is 14.5. The van der Waals surface area contributed by atoms with Gasteiger partial charge in [0.1, 0.15) is 0 Å². The molecule has 0 radical (unpaired) electrons. The Balaban J connectivity index is 1.56. The molecule has 0 atom stereocenters. The van der Waals surface area contributed by atoms with Gasteiger partial charge in [0.15, 0.2) is 0 Å². The van der Waals surface area contributed by atoms with E-state index in [1.54, 1.807) is 0 Å². The van der Waals surface area contributed by atoms with E-state index in [0.29, 0.717) is 6.04 Å². The summed E-state index contributed by atoms with van der Waals surface area (Å²) in [5.74, 6) is 0. The van der Waals surface area contributed by atoms with Gasteiger partial charge >= 0.3 is 0 Å². The lowest BCUT2D eigenvalue weighted by Gasteiger charge is -2.16. The SMILES string of the molecule is Cn1ccc(-c2ccc(CNC3CCCCCC3)cc2)n1. The predicted molar refractivity (Wildman–Crippen MR) is 87.0 cm³/mol. The summed E-state index contributed by atoms with van der Waals surface area (Å²) in [4.78, 5) is 0. The van der Waals surface area contributed by atoms with E-state index in [-0.39, 0.29) is 0 Å². The molecule has 1 aromatic carbocycles. The maximum absolute atomic E-state index is 4.44. The van der Waals surface area contributed by atoms with Crippen molar-refractivity contribution in [1.82, 2.24) is 15.1 Å². The lowest BCUT2D eigenvalue weighted by Crippen LogP contribution is -2.27. The Morgan fingerprint density at radius 1 is 1.05 bits per heavy atom. The van der Waals surface area contributed by atoms with Crippen molar-refractivity contribution in [2.24, 2.45) is 7.05 Å². The average Bonchev–Trinajstić information content (AvgIpc) is 2.78. The van der Waals surface area contributed by atoms with E-state index in [0.717, 1.165) is 12.2 Å². The van der Waals surface area contributed by atoms with Crippen molar-refractivity contribution < 1.29 is 0 Å². The number of aryl methyl sites for hydroxylation is 1. The van der Waals surface area contributed by atoms with Gasteiger partial charge in [-0.25, -0.2) is 0 Å². The molecule has 1 N–H and O–H groups in total. The van der Waals surface area contributed by atoms with Crippen molar-refractivity contribution in [1.29, 1.82) is 0 Å². The Morgan fingerprint density at radius 3 is 2.38 bits per heavy atom. The van der Waals surface area contributed by atoms with Crippen LogP contribution >= 0.6 is 0 Å². The van der Waals surface area contributed by atoms with Crippen LogP contribution in [0.2, 0.25) is 0 Å². The Hall–Kier alpha value is -1.61. The quantitative estimate of drug-likeness (QED) is 0.862. The topological polar surface area (TPSA) is 29.9 Å². The largest absolute Gasteiger partial charge is 0.310 e. The maximum Gasteiger partial charge on any atom is 0.0923 e. The lowest BCUT2D eigenvalue weighted by molar-refractivity contribution is 0.459. The van der Waals surface area contributed by atoms with Crippen molar-refractivity contribution in [3.05, 3.63) is 42.1 Å². The number of benzene rings is 1. The summed E-state index contributed by atoms with van der Waals surface area (Å²) < 4.78 is 1.84. The van der Waals surface area contributed by atoms with Crippen molar-refractivity contribution in [2.75, 3.05) is 0 Å². The summed E-state index contributed by atoms with van der Waals surface area (Å²) in [6, 6.07) is 11.5. The first-order valence-electron chi connectivity index (χ1n) is 8.13. The minimum atomic E-state index is 0.711. The van der Waals surface area contributed by atoms with Crippen molar-refractivity contribution in [2.45, 2.75) is 51.1 Å². The van der Waals surface area contributed by atoms with E-state index < -0.39 is 0 Å². The summed E-state index contributed by atoms with van der Waals surface area (Å²) in [6.45, 7) is 0.979. The van der Waals surface area contributed by atoms with Crippen LogP contribution in [-0.2, 0) is 13.6 Å². The highest BCUT2D eigenvalue weighted by molar-refractivity contribution is 5.58. The smallest absolute Gasteiger partial charge is 0.0923 e. The number of hydrogen-bond acceptors (Lipinski definition) is 2. The lowest BCUT2D eigenvalue weighted by atomic mass is 10.1. The van der Waals surface area contributed by atoms with Gasteiger partial charge in [-0.05, 0) is 24.5 Å². The van der Waals surface area contributed by atoms with Gasteiger partial charge in [-0.3, -0.25) is 4.68 Å². The van der Waals surface area contributed by atoms with E-state index in [2.05, 4.69) is 40.7 Å². The van der Waals surface area contributed by atoms with Gasteiger partial charge in [0.25, 0.3) is 0 Å². The van der Waals surface area contributed by atoms with Crippen LogP contribution in [0.25, 0.3) is 11.3 Å². The molecule has 1 heterocycles. The number of aromatic nitrogens is 2. The molecule has 1 aromatic heterocycles. The molecule has 112 valence electrons. The van der Waals surface area contributed by atoms with Gasteiger partial charge in [-0.15, -0.1) is 0 Å². The number of rotatable bonds is 4. The first kappa shape index (κ1) is 14.3. The Morgan fingerprint density at radius 2 is 1.76 bits per heavy atom. The monoisotopic (exact) mass is 283 g/mol. The van der Waals surface area contributed by atoms with Gasteiger partial charge < -0.3 is 5.32 Å². The van der Waals surface area contributed by atoms with Crippen LogP contribution in [0.1, 0.15) is 44.1 Å². The second-order valence-electron chi connectivity index (χ2n) is 6.14. The minimum absolute atomic E-state index is 0.711. The molecule has 1 aliphatic rings. The summed E-state index contributed by atoms with van der Waals surface area (Å²) in [6.07, 6.45) is 10.3. The summed E-state index contributed by atoms with van der Waals surface area (Å²) in [5.41, 5.74) is 3.59. The van der Waals surface area contributed by atoms with E-state index >= 15 is 0 Å². The molecular formula is C18H25N3. The number of nitrogens with one attached hydrogen (secondary N) is 1. The highest BCUT2D eigenvalue weighted by Crippen LogP contribution is 2.19. The number of nitrogens with zero attached hydrogens (tertiary/aromatic N) is 2. The molecule has 0 saturated heterocycles. The van der Waals surface area contributed by atoms with Crippen molar-refractivity contribution >= 4 is 0 Å². The molecular weight excluding hydrogens is 258 g/mol. The Bertz CT molecular complexity index is 548. The average molecular weight is 283 g/mol.